The van der Waals surface area contributed by atoms with Gasteiger partial charge in [-0.3, -0.25) is 14.3 Å². The van der Waals surface area contributed by atoms with Crippen LogP contribution in [0.3, 0.4) is 0 Å². The van der Waals surface area contributed by atoms with Crippen molar-refractivity contribution in [2.75, 3.05) is 5.32 Å². The lowest BCUT2D eigenvalue weighted by Gasteiger charge is -2.14. The van der Waals surface area contributed by atoms with E-state index in [1.54, 1.807) is 7.05 Å². The van der Waals surface area contributed by atoms with Gasteiger partial charge in [0.15, 0.2) is 5.16 Å². The first kappa shape index (κ1) is 19.7. The van der Waals surface area contributed by atoms with Crippen molar-refractivity contribution in [2.24, 2.45) is 7.05 Å². The van der Waals surface area contributed by atoms with Crippen molar-refractivity contribution in [3.8, 4) is 6.07 Å². The minimum atomic E-state index is -0.457. The first-order valence-electron chi connectivity index (χ1n) is 8.48. The van der Waals surface area contributed by atoms with Crippen LogP contribution < -0.4 is 10.9 Å². The number of H-pyrrole nitrogens is 1. The van der Waals surface area contributed by atoms with E-state index in [9.17, 15) is 9.59 Å². The quantitative estimate of drug-likeness (QED) is 0.540. The Kier molecular flexibility index (Phi) is 6.97. The third-order valence-corrected chi connectivity index (χ3v) is 5.03. The molecule has 0 aliphatic rings. The molecular formula is C17H22N6O2S. The first-order chi connectivity index (χ1) is 12.5. The number of rotatable bonds is 8. The summed E-state index contributed by atoms with van der Waals surface area (Å²) in [5.41, 5.74) is 0.808. The molecule has 138 valence electrons. The van der Waals surface area contributed by atoms with Crippen molar-refractivity contribution in [3.05, 3.63) is 33.9 Å². The molecule has 0 saturated carbocycles. The minimum absolute atomic E-state index is 0.220. The maximum Gasteiger partial charge on any atom is 0.251 e. The SMILES string of the molecule is CCCCc1cc(=O)[nH]c(SC(CC)C(=O)Nc2c(C#N)cnn2C)n1. The Morgan fingerprint density at radius 3 is 2.92 bits per heavy atom. The number of hydrogen-bond donors (Lipinski definition) is 2. The van der Waals surface area contributed by atoms with Gasteiger partial charge in [-0.15, -0.1) is 0 Å². The smallest absolute Gasteiger partial charge is 0.251 e. The van der Waals surface area contributed by atoms with Crippen LogP contribution in [0.5, 0.6) is 0 Å². The van der Waals surface area contributed by atoms with E-state index in [1.807, 2.05) is 13.0 Å². The highest BCUT2D eigenvalue weighted by molar-refractivity contribution is 8.00. The fraction of sp³-hybridized carbons (Fsp3) is 0.471. The van der Waals surface area contributed by atoms with Crippen LogP contribution in [0, 0.1) is 11.3 Å². The molecule has 0 aliphatic carbocycles. The third kappa shape index (κ3) is 4.95. The molecule has 0 fully saturated rings. The number of anilines is 1. The molecule has 2 aromatic heterocycles. The highest BCUT2D eigenvalue weighted by Gasteiger charge is 2.22. The fourth-order valence-electron chi connectivity index (χ4n) is 2.35. The number of aromatic amines is 1. The average molecular weight is 374 g/mol. The summed E-state index contributed by atoms with van der Waals surface area (Å²) in [5, 5.41) is 15.8. The molecule has 1 amide bonds. The molecule has 8 nitrogen and oxygen atoms in total. The van der Waals surface area contributed by atoms with Crippen molar-refractivity contribution in [1.29, 1.82) is 5.26 Å². The Hall–Kier alpha value is -2.60. The lowest BCUT2D eigenvalue weighted by Crippen LogP contribution is -2.26. The van der Waals surface area contributed by atoms with Gasteiger partial charge in [0.1, 0.15) is 17.5 Å². The molecule has 2 aromatic rings. The van der Waals surface area contributed by atoms with Crippen LogP contribution in [0.25, 0.3) is 0 Å². The number of thioether (sulfide) groups is 1. The van der Waals surface area contributed by atoms with Crippen molar-refractivity contribution in [1.82, 2.24) is 19.7 Å². The predicted molar refractivity (Wildman–Crippen MR) is 100.0 cm³/mol. The Morgan fingerprint density at radius 2 is 2.27 bits per heavy atom. The monoisotopic (exact) mass is 374 g/mol. The zero-order chi connectivity index (χ0) is 19.1. The summed E-state index contributed by atoms with van der Waals surface area (Å²) >= 11 is 1.21. The fourth-order valence-corrected chi connectivity index (χ4v) is 3.28. The molecule has 0 radical (unpaired) electrons. The second-order valence-electron chi connectivity index (χ2n) is 5.79. The van der Waals surface area contributed by atoms with Gasteiger partial charge >= 0.3 is 0 Å². The summed E-state index contributed by atoms with van der Waals surface area (Å²) < 4.78 is 1.44. The topological polar surface area (TPSA) is 116 Å². The molecule has 0 bridgehead atoms. The average Bonchev–Trinajstić information content (AvgIpc) is 2.97. The largest absolute Gasteiger partial charge is 0.309 e. The predicted octanol–water partition coefficient (Wildman–Crippen LogP) is 2.23. The van der Waals surface area contributed by atoms with E-state index in [0.29, 0.717) is 23.0 Å². The van der Waals surface area contributed by atoms with Crippen LogP contribution >= 0.6 is 11.8 Å². The molecule has 2 heterocycles. The van der Waals surface area contributed by atoms with E-state index in [2.05, 4.69) is 27.3 Å². The molecule has 1 unspecified atom stereocenters. The number of nitrogens with zero attached hydrogens (tertiary/aromatic N) is 4. The first-order valence-corrected chi connectivity index (χ1v) is 9.36. The second-order valence-corrected chi connectivity index (χ2v) is 6.98. The van der Waals surface area contributed by atoms with E-state index in [-0.39, 0.29) is 11.5 Å². The molecule has 1 atom stereocenters. The molecule has 2 N–H and O–H groups in total. The Labute approximate surface area is 156 Å². The van der Waals surface area contributed by atoms with Gasteiger partial charge in [0, 0.05) is 18.8 Å². The summed E-state index contributed by atoms with van der Waals surface area (Å²) in [5.74, 6) is 0.0916. The molecule has 0 spiro atoms. The van der Waals surface area contributed by atoms with E-state index >= 15 is 0 Å². The van der Waals surface area contributed by atoms with Crippen LogP contribution in [-0.4, -0.2) is 30.9 Å². The second kappa shape index (κ2) is 9.20. The van der Waals surface area contributed by atoms with E-state index in [1.165, 1.54) is 28.7 Å². The van der Waals surface area contributed by atoms with Crippen LogP contribution in [-0.2, 0) is 18.3 Å². The lowest BCUT2D eigenvalue weighted by molar-refractivity contribution is -0.115. The normalized spacial score (nSPS) is 11.8. The van der Waals surface area contributed by atoms with Gasteiger partial charge in [0.25, 0.3) is 5.56 Å². The summed E-state index contributed by atoms with van der Waals surface area (Å²) in [7, 11) is 1.65. The van der Waals surface area contributed by atoms with Gasteiger partial charge in [0.2, 0.25) is 5.91 Å². The van der Waals surface area contributed by atoms with Gasteiger partial charge in [0.05, 0.1) is 11.4 Å². The number of aryl methyl sites for hydroxylation is 2. The number of nitriles is 1. The van der Waals surface area contributed by atoms with E-state index in [0.717, 1.165) is 25.0 Å². The highest BCUT2D eigenvalue weighted by atomic mass is 32.2. The van der Waals surface area contributed by atoms with Crippen molar-refractivity contribution < 1.29 is 4.79 Å². The minimum Gasteiger partial charge on any atom is -0.309 e. The number of carbonyl (C=O) groups excluding carboxylic acids is 1. The van der Waals surface area contributed by atoms with Crippen molar-refractivity contribution in [3.63, 3.8) is 0 Å². The maximum atomic E-state index is 12.6. The summed E-state index contributed by atoms with van der Waals surface area (Å²) in [6.07, 6.45) is 4.65. The third-order valence-electron chi connectivity index (χ3n) is 3.78. The summed E-state index contributed by atoms with van der Waals surface area (Å²) in [4.78, 5) is 31.6. The summed E-state index contributed by atoms with van der Waals surface area (Å²) in [6, 6.07) is 3.49. The number of unbranched alkanes of at least 4 members (excludes halogenated alkanes) is 1. The van der Waals surface area contributed by atoms with Gasteiger partial charge in [-0.25, -0.2) is 4.98 Å². The molecule has 0 aromatic carbocycles. The van der Waals surface area contributed by atoms with Crippen molar-refractivity contribution >= 4 is 23.5 Å². The molecule has 2 rings (SSSR count). The van der Waals surface area contributed by atoms with Crippen LogP contribution in [0.2, 0.25) is 0 Å². The van der Waals surface area contributed by atoms with E-state index < -0.39 is 5.25 Å². The zero-order valence-corrected chi connectivity index (χ0v) is 15.9. The van der Waals surface area contributed by atoms with Gasteiger partial charge < -0.3 is 10.3 Å². The lowest BCUT2D eigenvalue weighted by atomic mass is 10.2. The molecular weight excluding hydrogens is 352 g/mol. The van der Waals surface area contributed by atoms with E-state index in [4.69, 9.17) is 5.26 Å². The van der Waals surface area contributed by atoms with Gasteiger partial charge in [-0.2, -0.15) is 10.4 Å². The van der Waals surface area contributed by atoms with Crippen LogP contribution in [0.1, 0.15) is 44.4 Å². The Morgan fingerprint density at radius 1 is 1.50 bits per heavy atom. The Bertz CT molecular complexity index is 867. The van der Waals surface area contributed by atoms with Gasteiger partial charge in [-0.1, -0.05) is 32.0 Å². The maximum absolute atomic E-state index is 12.6. The number of amides is 1. The van der Waals surface area contributed by atoms with Crippen LogP contribution in [0.15, 0.2) is 22.2 Å². The molecule has 9 heteroatoms. The number of nitrogens with one attached hydrogen (secondary N) is 2. The number of hydrogen-bond acceptors (Lipinski definition) is 6. The Balaban J connectivity index is 2.15. The molecule has 0 saturated heterocycles. The zero-order valence-electron chi connectivity index (χ0n) is 15.1. The molecule has 0 aliphatic heterocycles. The highest BCUT2D eigenvalue weighted by Crippen LogP contribution is 2.24. The summed E-state index contributed by atoms with van der Waals surface area (Å²) in [6.45, 7) is 3.96. The van der Waals surface area contributed by atoms with Gasteiger partial charge in [-0.05, 0) is 19.3 Å². The molecule has 26 heavy (non-hydrogen) atoms. The number of aromatic nitrogens is 4. The number of carbonyl (C=O) groups is 1. The standard InChI is InChI=1S/C17H22N6O2S/c1-4-6-7-12-8-14(24)21-17(20-12)26-13(5-2)16(25)22-15-11(9-18)10-19-23(15)3/h8,10,13H,4-7H2,1-3H3,(H,22,25)(H,20,21,24). The van der Waals surface area contributed by atoms with Crippen LogP contribution in [0.4, 0.5) is 5.82 Å². The van der Waals surface area contributed by atoms with Crippen molar-refractivity contribution in [2.45, 2.75) is 49.9 Å².